The van der Waals surface area contributed by atoms with E-state index in [2.05, 4.69) is 21.1 Å². The Morgan fingerprint density at radius 2 is 2.50 bits per heavy atom. The van der Waals surface area contributed by atoms with Crippen LogP contribution in [0.4, 0.5) is 0 Å². The Balaban J connectivity index is 2.81. The Morgan fingerprint density at radius 3 is 2.50 bits per heavy atom. The molecule has 0 amide bonds. The molecule has 0 aromatic rings. The number of aliphatic hydroxyl groups is 1. The molecule has 0 rings (SSSR count). The molecule has 0 aliphatic carbocycles. The van der Waals surface area contributed by atoms with Crippen LogP contribution in [0.2, 0.25) is 0 Å². The topological polar surface area (TPSA) is 49.7 Å². The van der Waals surface area contributed by atoms with Gasteiger partial charge in [-0.15, -0.1) is 0 Å². The molecule has 0 saturated heterocycles. The van der Waals surface area contributed by atoms with Crippen molar-refractivity contribution in [3.63, 3.8) is 0 Å². The predicted molar refractivity (Wildman–Crippen MR) is 25.6 cm³/mol. The maximum Gasteiger partial charge on any atom is 0.131 e. The molecule has 0 aromatic carbocycles. The van der Waals surface area contributed by atoms with Crippen molar-refractivity contribution in [2.45, 2.75) is 5.01 Å². The van der Waals surface area contributed by atoms with E-state index in [4.69, 9.17) is 5.11 Å². The van der Waals surface area contributed by atoms with Gasteiger partial charge in [-0.3, -0.25) is 0 Å². The number of nitroso groups, excluding NO2 is 1. The molecule has 1 unspecified atom stereocenters. The monoisotopic (exact) mass is 153 g/mol. The third kappa shape index (κ3) is 4.04. The SMILES string of the molecule is O=NCC(O)Br. The third-order valence-corrected chi connectivity index (χ3v) is 0.515. The van der Waals surface area contributed by atoms with Crippen LogP contribution in [-0.4, -0.2) is 16.7 Å². The summed E-state index contributed by atoms with van der Waals surface area (Å²) in [4.78, 5) is 9.18. The van der Waals surface area contributed by atoms with Crippen LogP contribution >= 0.6 is 15.9 Å². The van der Waals surface area contributed by atoms with Gasteiger partial charge in [0.15, 0.2) is 0 Å². The van der Waals surface area contributed by atoms with E-state index in [1.165, 1.54) is 0 Å². The molecule has 0 spiro atoms. The van der Waals surface area contributed by atoms with Crippen molar-refractivity contribution in [1.82, 2.24) is 0 Å². The molecule has 0 aliphatic rings. The fraction of sp³-hybridized carbons (Fsp3) is 1.00. The van der Waals surface area contributed by atoms with E-state index in [-0.39, 0.29) is 6.54 Å². The summed E-state index contributed by atoms with van der Waals surface area (Å²) in [6, 6.07) is 0. The number of halogens is 1. The largest absolute Gasteiger partial charge is 0.380 e. The van der Waals surface area contributed by atoms with Gasteiger partial charge in [-0.2, -0.15) is 4.91 Å². The molecule has 4 heteroatoms. The third-order valence-electron chi connectivity index (χ3n) is 0.225. The molecule has 0 radical (unpaired) electrons. The predicted octanol–water partition coefficient (Wildman–Crippen LogP) is 0.466. The Labute approximate surface area is 43.5 Å². The number of rotatable bonds is 2. The lowest BCUT2D eigenvalue weighted by Crippen LogP contribution is -1.97. The fourth-order valence-corrected chi connectivity index (χ4v) is 0.180. The molecule has 1 atom stereocenters. The summed E-state index contributed by atoms with van der Waals surface area (Å²) in [6.45, 7) is -0.0833. The van der Waals surface area contributed by atoms with Gasteiger partial charge in [0, 0.05) is 0 Å². The summed E-state index contributed by atoms with van der Waals surface area (Å²) >= 11 is 2.70. The van der Waals surface area contributed by atoms with E-state index < -0.39 is 5.01 Å². The Bertz CT molecular complexity index is 46.8. The average molecular weight is 154 g/mol. The highest BCUT2D eigenvalue weighted by molar-refractivity contribution is 9.09. The molecule has 0 fully saturated rings. The molecule has 0 saturated carbocycles. The second kappa shape index (κ2) is 3.24. The summed E-state index contributed by atoms with van der Waals surface area (Å²) in [5.41, 5.74) is 0. The number of hydrogen-bond donors (Lipinski definition) is 1. The minimum absolute atomic E-state index is 0.0833. The average Bonchev–Trinajstić information content (AvgIpc) is 1.35. The highest BCUT2D eigenvalue weighted by Gasteiger charge is 1.91. The smallest absolute Gasteiger partial charge is 0.131 e. The van der Waals surface area contributed by atoms with Gasteiger partial charge < -0.3 is 5.11 Å². The van der Waals surface area contributed by atoms with Crippen LogP contribution in [0.25, 0.3) is 0 Å². The van der Waals surface area contributed by atoms with Crippen LogP contribution in [0.1, 0.15) is 0 Å². The minimum atomic E-state index is -0.769. The van der Waals surface area contributed by atoms with E-state index in [1.807, 2.05) is 0 Å². The van der Waals surface area contributed by atoms with Crippen molar-refractivity contribution >= 4 is 15.9 Å². The van der Waals surface area contributed by atoms with Gasteiger partial charge in [0.1, 0.15) is 11.6 Å². The van der Waals surface area contributed by atoms with Crippen LogP contribution in [0.5, 0.6) is 0 Å². The van der Waals surface area contributed by atoms with Crippen LogP contribution in [0.3, 0.4) is 0 Å². The normalized spacial score (nSPS) is 13.7. The van der Waals surface area contributed by atoms with Crippen molar-refractivity contribution in [2.24, 2.45) is 5.18 Å². The highest BCUT2D eigenvalue weighted by atomic mass is 79.9. The van der Waals surface area contributed by atoms with E-state index in [0.29, 0.717) is 0 Å². The van der Waals surface area contributed by atoms with Crippen molar-refractivity contribution in [3.05, 3.63) is 4.91 Å². The number of alkyl halides is 1. The molecule has 1 N–H and O–H groups in total. The first kappa shape index (κ1) is 6.04. The van der Waals surface area contributed by atoms with Crippen molar-refractivity contribution in [3.8, 4) is 0 Å². The Kier molecular flexibility index (Phi) is 3.26. The zero-order chi connectivity index (χ0) is 4.99. The van der Waals surface area contributed by atoms with Crippen molar-refractivity contribution < 1.29 is 5.11 Å². The van der Waals surface area contributed by atoms with Crippen LogP contribution < -0.4 is 0 Å². The first-order valence-electron chi connectivity index (χ1n) is 1.38. The van der Waals surface area contributed by atoms with E-state index in [9.17, 15) is 4.91 Å². The quantitative estimate of drug-likeness (QED) is 0.464. The molecule has 36 valence electrons. The van der Waals surface area contributed by atoms with E-state index in [0.717, 1.165) is 0 Å². The first-order chi connectivity index (χ1) is 2.77. The fourth-order valence-electron chi connectivity index (χ4n) is 0.0615. The zero-order valence-electron chi connectivity index (χ0n) is 2.97. The number of aliphatic hydroxyl groups excluding tert-OH is 1. The molecule has 0 aromatic heterocycles. The second-order valence-electron chi connectivity index (χ2n) is 0.746. The minimum Gasteiger partial charge on any atom is -0.380 e. The maximum atomic E-state index is 9.18. The number of nitrogens with zero attached hydrogens (tertiary/aromatic N) is 1. The van der Waals surface area contributed by atoms with Gasteiger partial charge in [0.05, 0.1) is 0 Å². The second-order valence-corrected chi connectivity index (χ2v) is 1.80. The van der Waals surface area contributed by atoms with Crippen LogP contribution in [0, 0.1) is 4.91 Å². The summed E-state index contributed by atoms with van der Waals surface area (Å²) in [5, 5.41) is 9.80. The lowest BCUT2D eigenvalue weighted by molar-refractivity contribution is 0.278. The summed E-state index contributed by atoms with van der Waals surface area (Å²) in [7, 11) is 0. The van der Waals surface area contributed by atoms with Gasteiger partial charge in [0.25, 0.3) is 0 Å². The zero-order valence-corrected chi connectivity index (χ0v) is 4.55. The maximum absolute atomic E-state index is 9.18. The first-order valence-corrected chi connectivity index (χ1v) is 2.30. The van der Waals surface area contributed by atoms with Gasteiger partial charge in [-0.05, 0) is 0 Å². The Morgan fingerprint density at radius 1 is 2.00 bits per heavy atom. The molecule has 6 heavy (non-hydrogen) atoms. The van der Waals surface area contributed by atoms with Crippen LogP contribution in [-0.2, 0) is 0 Å². The standard InChI is InChI=1S/C2H4BrNO2/c3-2(5)1-4-6/h2,5H,1H2. The van der Waals surface area contributed by atoms with Gasteiger partial charge in [-0.1, -0.05) is 21.1 Å². The number of hydrogen-bond acceptors (Lipinski definition) is 3. The van der Waals surface area contributed by atoms with E-state index in [1.54, 1.807) is 0 Å². The summed E-state index contributed by atoms with van der Waals surface area (Å²) in [5.74, 6) is 0. The van der Waals surface area contributed by atoms with Gasteiger partial charge >= 0.3 is 0 Å². The Hall–Kier alpha value is 0.0400. The van der Waals surface area contributed by atoms with Crippen LogP contribution in [0.15, 0.2) is 5.18 Å². The summed E-state index contributed by atoms with van der Waals surface area (Å²) in [6.07, 6.45) is 0. The molecule has 0 aliphatic heterocycles. The highest BCUT2D eigenvalue weighted by Crippen LogP contribution is 1.90. The molecule has 0 heterocycles. The van der Waals surface area contributed by atoms with Gasteiger partial charge in [-0.25, -0.2) is 0 Å². The van der Waals surface area contributed by atoms with Gasteiger partial charge in [0.2, 0.25) is 0 Å². The van der Waals surface area contributed by atoms with E-state index >= 15 is 0 Å². The van der Waals surface area contributed by atoms with Crippen molar-refractivity contribution in [1.29, 1.82) is 0 Å². The summed E-state index contributed by atoms with van der Waals surface area (Å²) < 4.78 is 0. The molecular weight excluding hydrogens is 150 g/mol. The molecule has 3 nitrogen and oxygen atoms in total. The lowest BCUT2D eigenvalue weighted by atomic mass is 10.7. The van der Waals surface area contributed by atoms with Crippen molar-refractivity contribution in [2.75, 3.05) is 6.54 Å². The lowest BCUT2D eigenvalue weighted by Gasteiger charge is -1.86. The molecular formula is C2H4BrNO2. The molecule has 0 bridgehead atoms.